The number of rotatable bonds is 2. The van der Waals surface area contributed by atoms with Gasteiger partial charge in [-0.3, -0.25) is 0 Å². The minimum Gasteiger partial charge on any atom is -0.437 e. The van der Waals surface area contributed by atoms with Crippen LogP contribution in [0.4, 0.5) is 0 Å². The molecule has 0 heterocycles. The first-order valence-electron chi connectivity index (χ1n) is 1.90. The van der Waals surface area contributed by atoms with Gasteiger partial charge >= 0.3 is 0 Å². The zero-order chi connectivity index (χ0) is 8.36. The lowest BCUT2D eigenvalue weighted by Crippen LogP contribution is -2.33. The Kier molecular flexibility index (Phi) is 5.17. The summed E-state index contributed by atoms with van der Waals surface area (Å²) in [5, 5.41) is 0. The Morgan fingerprint density at radius 1 is 1.50 bits per heavy atom. The van der Waals surface area contributed by atoms with E-state index in [0.717, 1.165) is 0 Å². The average molecular weight is 262 g/mol. The van der Waals surface area contributed by atoms with Crippen LogP contribution in [0, 0.1) is 0 Å². The molecule has 8 heteroatoms. The van der Waals surface area contributed by atoms with Crippen LogP contribution in [0.25, 0.3) is 0 Å². The molecule has 1 atom stereocenters. The van der Waals surface area contributed by atoms with Crippen molar-refractivity contribution in [3.05, 3.63) is 0 Å². The number of nitrogens with one attached hydrogen (secondary N) is 1. The minimum atomic E-state index is -1.70. The first-order chi connectivity index (χ1) is 4.34. The SMILES string of the molecule is O=[S-](=S)NC(Cl)C(Cl)(Cl)Cl. The second-order valence-corrected chi connectivity index (χ2v) is 5.68. The van der Waals surface area contributed by atoms with Gasteiger partial charge in [-0.15, -0.1) is 21.1 Å². The summed E-state index contributed by atoms with van der Waals surface area (Å²) in [5.74, 6) is 0. The van der Waals surface area contributed by atoms with Crippen LogP contribution in [0.15, 0.2) is 0 Å². The number of halogens is 4. The lowest BCUT2D eigenvalue weighted by atomic mass is 10.8. The van der Waals surface area contributed by atoms with Crippen LogP contribution in [0.2, 0.25) is 0 Å². The van der Waals surface area contributed by atoms with E-state index in [0.29, 0.717) is 0 Å². The Bertz CT molecular complexity index is 167. The van der Waals surface area contributed by atoms with Gasteiger partial charge in [0.1, 0.15) is 5.50 Å². The van der Waals surface area contributed by atoms with Gasteiger partial charge in [0.15, 0.2) is 0 Å². The number of hydrogen-bond donors (Lipinski definition) is 1. The van der Waals surface area contributed by atoms with Gasteiger partial charge in [-0.25, -0.2) is 11.2 Å². The van der Waals surface area contributed by atoms with E-state index < -0.39 is 18.8 Å². The Morgan fingerprint density at radius 2 is 1.90 bits per heavy atom. The van der Waals surface area contributed by atoms with Gasteiger partial charge in [-0.1, -0.05) is 34.8 Å². The highest BCUT2D eigenvalue weighted by atomic mass is 35.6. The van der Waals surface area contributed by atoms with Crippen LogP contribution in [-0.4, -0.2) is 9.29 Å². The molecule has 1 N–H and O–H groups in total. The Labute approximate surface area is 85.0 Å². The summed E-state index contributed by atoms with van der Waals surface area (Å²) < 4.78 is 10.7. The predicted octanol–water partition coefficient (Wildman–Crippen LogP) is 1.85. The monoisotopic (exact) mass is 260 g/mol. The molecule has 62 valence electrons. The largest absolute Gasteiger partial charge is 0.437 e. The highest BCUT2D eigenvalue weighted by Crippen LogP contribution is 2.32. The van der Waals surface area contributed by atoms with Gasteiger partial charge in [0, 0.05) is 0 Å². The van der Waals surface area contributed by atoms with Gasteiger partial charge in [0.25, 0.3) is 0 Å². The fourth-order valence-corrected chi connectivity index (χ4v) is 1.54. The fourth-order valence-electron chi connectivity index (χ4n) is 0.151. The Hall–Kier alpha value is 1.49. The van der Waals surface area contributed by atoms with Gasteiger partial charge < -0.3 is 8.93 Å². The number of hydrogen-bond acceptors (Lipinski definition) is 3. The van der Waals surface area contributed by atoms with E-state index in [4.69, 9.17) is 46.4 Å². The predicted molar refractivity (Wildman–Crippen MR) is 48.5 cm³/mol. The lowest BCUT2D eigenvalue weighted by molar-refractivity contribution is 0.595. The van der Waals surface area contributed by atoms with E-state index in [9.17, 15) is 4.21 Å². The van der Waals surface area contributed by atoms with E-state index in [1.54, 1.807) is 0 Å². The molecule has 10 heavy (non-hydrogen) atoms. The lowest BCUT2D eigenvalue weighted by Gasteiger charge is -2.20. The molecule has 0 rings (SSSR count). The van der Waals surface area contributed by atoms with Crippen molar-refractivity contribution in [3.63, 3.8) is 0 Å². The molecule has 0 aromatic heterocycles. The van der Waals surface area contributed by atoms with E-state index >= 15 is 0 Å². The molecule has 0 radical (unpaired) electrons. The van der Waals surface area contributed by atoms with Crippen molar-refractivity contribution < 1.29 is 4.21 Å². The van der Waals surface area contributed by atoms with Crippen LogP contribution < -0.4 is 4.72 Å². The zero-order valence-electron chi connectivity index (χ0n) is 4.31. The standard InChI is InChI=1S/C2H2Cl4NOS2/c3-1(2(4,5)6)7-10(8)9/h1H,(H,7,8,9)/q-1. The number of alkyl halides is 4. The maximum atomic E-state index is 10.3. The maximum absolute atomic E-state index is 10.3. The summed E-state index contributed by atoms with van der Waals surface area (Å²) in [7, 11) is -1.69. The molecule has 0 bridgehead atoms. The van der Waals surface area contributed by atoms with Gasteiger partial charge in [0.2, 0.25) is 3.79 Å². The third-order valence-corrected chi connectivity index (χ3v) is 2.76. The molecule has 0 aliphatic rings. The van der Waals surface area contributed by atoms with Crippen molar-refractivity contribution >= 4 is 67.1 Å². The van der Waals surface area contributed by atoms with Gasteiger partial charge in [0.05, 0.1) is 0 Å². The second-order valence-electron chi connectivity index (χ2n) is 1.26. The summed E-state index contributed by atoms with van der Waals surface area (Å²) in [6.07, 6.45) is 0. The highest BCUT2D eigenvalue weighted by Gasteiger charge is 2.28. The van der Waals surface area contributed by atoms with Crippen LogP contribution in [0.3, 0.4) is 0 Å². The molecule has 0 aromatic rings. The van der Waals surface area contributed by atoms with Crippen molar-refractivity contribution in [2.45, 2.75) is 9.29 Å². The Morgan fingerprint density at radius 3 is 2.00 bits per heavy atom. The molecule has 0 aliphatic heterocycles. The van der Waals surface area contributed by atoms with Gasteiger partial charge in [-0.05, 0) is 0 Å². The molecular formula is C2H2Cl4NOS2-. The summed E-state index contributed by atoms with van der Waals surface area (Å²) >= 11 is 25.5. The summed E-state index contributed by atoms with van der Waals surface area (Å²) in [6.45, 7) is 0. The first-order valence-corrected chi connectivity index (χ1v) is 5.55. The zero-order valence-corrected chi connectivity index (χ0v) is 8.97. The second kappa shape index (κ2) is 4.50. The van der Waals surface area contributed by atoms with Gasteiger partial charge in [-0.2, -0.15) is 0 Å². The summed E-state index contributed by atoms with van der Waals surface area (Å²) in [5.41, 5.74) is -1.05. The molecular weight excluding hydrogens is 260 g/mol. The highest BCUT2D eigenvalue weighted by molar-refractivity contribution is 8.20. The van der Waals surface area contributed by atoms with Crippen molar-refractivity contribution in [2.24, 2.45) is 0 Å². The van der Waals surface area contributed by atoms with Crippen molar-refractivity contribution in [3.8, 4) is 0 Å². The van der Waals surface area contributed by atoms with Crippen LogP contribution in [0.1, 0.15) is 0 Å². The molecule has 0 aromatic carbocycles. The molecule has 2 nitrogen and oxygen atoms in total. The van der Waals surface area contributed by atoms with E-state index in [2.05, 4.69) is 15.9 Å². The fraction of sp³-hybridized carbons (Fsp3) is 1.00. The quantitative estimate of drug-likeness (QED) is 0.467. The van der Waals surface area contributed by atoms with E-state index in [1.165, 1.54) is 0 Å². The van der Waals surface area contributed by atoms with Crippen molar-refractivity contribution in [2.75, 3.05) is 0 Å². The van der Waals surface area contributed by atoms with Crippen LogP contribution in [0.5, 0.6) is 0 Å². The molecule has 0 spiro atoms. The molecule has 0 fully saturated rings. The van der Waals surface area contributed by atoms with Crippen LogP contribution in [-0.2, 0) is 24.9 Å². The third-order valence-electron chi connectivity index (χ3n) is 0.487. The molecule has 0 aliphatic carbocycles. The molecule has 0 saturated carbocycles. The summed E-state index contributed by atoms with van der Waals surface area (Å²) in [4.78, 5) is 0. The summed E-state index contributed by atoms with van der Waals surface area (Å²) in [6, 6.07) is 0. The average Bonchev–Trinajstić information content (AvgIpc) is 1.60. The minimum absolute atomic E-state index is 1.05. The topological polar surface area (TPSA) is 29.1 Å². The maximum Gasteiger partial charge on any atom is 0.217 e. The van der Waals surface area contributed by atoms with E-state index in [1.807, 2.05) is 0 Å². The van der Waals surface area contributed by atoms with Crippen LogP contribution >= 0.6 is 46.4 Å². The van der Waals surface area contributed by atoms with E-state index in [-0.39, 0.29) is 0 Å². The smallest absolute Gasteiger partial charge is 0.217 e. The molecule has 0 amide bonds. The first kappa shape index (κ1) is 11.5. The Balaban J connectivity index is 3.97. The van der Waals surface area contributed by atoms with Crippen molar-refractivity contribution in [1.82, 2.24) is 4.72 Å². The third kappa shape index (κ3) is 5.18. The molecule has 1 unspecified atom stereocenters. The normalized spacial score (nSPS) is 15.7. The molecule has 0 saturated heterocycles. The van der Waals surface area contributed by atoms with Crippen molar-refractivity contribution in [1.29, 1.82) is 0 Å².